The van der Waals surface area contributed by atoms with Gasteiger partial charge in [-0.25, -0.2) is 0 Å². The number of hydrogen-bond acceptors (Lipinski definition) is 2. The molecule has 0 aliphatic carbocycles. The summed E-state index contributed by atoms with van der Waals surface area (Å²) in [6.45, 7) is 5.57. The van der Waals surface area contributed by atoms with E-state index in [-0.39, 0.29) is 12.2 Å². The van der Waals surface area contributed by atoms with Crippen LogP contribution in [0, 0.1) is 0 Å². The summed E-state index contributed by atoms with van der Waals surface area (Å²) in [6, 6.07) is 0. The first-order valence-corrected chi connectivity index (χ1v) is 3.47. The molecule has 60 valence electrons. The Kier molecular flexibility index (Phi) is 4.32. The number of aliphatic hydroxyl groups is 1. The fourth-order valence-electron chi connectivity index (χ4n) is 0.578. The summed E-state index contributed by atoms with van der Waals surface area (Å²) >= 11 is 0. The second kappa shape index (κ2) is 4.47. The lowest BCUT2D eigenvalue weighted by molar-refractivity contribution is 0.152. The molecule has 1 N–H and O–H groups in total. The molecule has 10 heavy (non-hydrogen) atoms. The zero-order valence-corrected chi connectivity index (χ0v) is 7.09. The largest absolute Gasteiger partial charge is 0.389 e. The van der Waals surface area contributed by atoms with E-state index in [1.165, 1.54) is 0 Å². The second-order valence-corrected chi connectivity index (χ2v) is 2.53. The number of aliphatic hydroxyl groups excluding tert-OH is 1. The van der Waals surface area contributed by atoms with Crippen LogP contribution in [0.1, 0.15) is 20.8 Å². The van der Waals surface area contributed by atoms with Gasteiger partial charge in [-0.3, -0.25) is 0 Å². The van der Waals surface area contributed by atoms with E-state index in [1.807, 2.05) is 19.9 Å². The molecule has 0 spiro atoms. The summed E-state index contributed by atoms with van der Waals surface area (Å²) in [5.41, 5.74) is 0.953. The van der Waals surface area contributed by atoms with Crippen molar-refractivity contribution in [1.29, 1.82) is 0 Å². The van der Waals surface area contributed by atoms with Crippen LogP contribution in [0.25, 0.3) is 0 Å². The molecular weight excluding hydrogens is 128 g/mol. The van der Waals surface area contributed by atoms with Crippen molar-refractivity contribution in [3.05, 3.63) is 11.6 Å². The monoisotopic (exact) mass is 144 g/mol. The van der Waals surface area contributed by atoms with Gasteiger partial charge in [-0.1, -0.05) is 6.08 Å². The summed E-state index contributed by atoms with van der Waals surface area (Å²) in [5.74, 6) is 0. The first-order chi connectivity index (χ1) is 4.57. The van der Waals surface area contributed by atoms with Gasteiger partial charge in [0.05, 0.1) is 12.2 Å². The molecule has 2 atom stereocenters. The Balaban J connectivity index is 3.89. The van der Waals surface area contributed by atoms with Gasteiger partial charge in [-0.2, -0.15) is 0 Å². The van der Waals surface area contributed by atoms with Crippen molar-refractivity contribution in [2.75, 3.05) is 7.11 Å². The minimum atomic E-state index is -0.363. The Morgan fingerprint density at radius 3 is 2.30 bits per heavy atom. The molecule has 0 radical (unpaired) electrons. The summed E-state index contributed by atoms with van der Waals surface area (Å²) in [7, 11) is 1.65. The number of methoxy groups -OCH3 is 1. The van der Waals surface area contributed by atoms with Crippen LogP contribution in [0.5, 0.6) is 0 Å². The standard InChI is InChI=1S/C8H16O2/c1-6(8(3)9)5-7(2)10-4/h5,7-9H,1-4H3/b6-5-. The molecular formula is C8H16O2. The quantitative estimate of drug-likeness (QED) is 0.606. The molecule has 2 heteroatoms. The van der Waals surface area contributed by atoms with E-state index in [9.17, 15) is 0 Å². The average molecular weight is 144 g/mol. The minimum absolute atomic E-state index is 0.0922. The topological polar surface area (TPSA) is 29.5 Å². The van der Waals surface area contributed by atoms with E-state index in [4.69, 9.17) is 9.84 Å². The maximum absolute atomic E-state index is 9.04. The fraction of sp³-hybridized carbons (Fsp3) is 0.750. The molecule has 0 aliphatic rings. The van der Waals surface area contributed by atoms with Crippen molar-refractivity contribution in [1.82, 2.24) is 0 Å². The van der Waals surface area contributed by atoms with Crippen LogP contribution in [-0.4, -0.2) is 24.4 Å². The summed E-state index contributed by atoms with van der Waals surface area (Å²) in [5, 5.41) is 9.04. The van der Waals surface area contributed by atoms with Gasteiger partial charge in [0.2, 0.25) is 0 Å². The second-order valence-electron chi connectivity index (χ2n) is 2.53. The number of hydrogen-bond donors (Lipinski definition) is 1. The SMILES string of the molecule is COC(C)/C=C(/C)C(C)O. The number of ether oxygens (including phenoxy) is 1. The van der Waals surface area contributed by atoms with Gasteiger partial charge in [-0.05, 0) is 26.3 Å². The average Bonchev–Trinajstić information content (AvgIpc) is 1.87. The highest BCUT2D eigenvalue weighted by Crippen LogP contribution is 2.02. The third-order valence-corrected chi connectivity index (χ3v) is 1.53. The first-order valence-electron chi connectivity index (χ1n) is 3.47. The van der Waals surface area contributed by atoms with Crippen molar-refractivity contribution in [3.63, 3.8) is 0 Å². The third-order valence-electron chi connectivity index (χ3n) is 1.53. The van der Waals surface area contributed by atoms with E-state index in [1.54, 1.807) is 14.0 Å². The van der Waals surface area contributed by atoms with Crippen LogP contribution in [0.15, 0.2) is 11.6 Å². The Morgan fingerprint density at radius 2 is 2.00 bits per heavy atom. The molecule has 0 aromatic rings. The number of rotatable bonds is 3. The van der Waals surface area contributed by atoms with E-state index in [0.717, 1.165) is 5.57 Å². The maximum atomic E-state index is 9.04. The van der Waals surface area contributed by atoms with Crippen LogP contribution in [0.3, 0.4) is 0 Å². The van der Waals surface area contributed by atoms with Gasteiger partial charge >= 0.3 is 0 Å². The van der Waals surface area contributed by atoms with Crippen molar-refractivity contribution >= 4 is 0 Å². The van der Waals surface area contributed by atoms with Crippen molar-refractivity contribution in [2.45, 2.75) is 33.0 Å². The zero-order chi connectivity index (χ0) is 8.15. The molecule has 0 aliphatic heterocycles. The smallest absolute Gasteiger partial charge is 0.0727 e. The van der Waals surface area contributed by atoms with Gasteiger partial charge in [0.15, 0.2) is 0 Å². The predicted molar refractivity (Wildman–Crippen MR) is 41.9 cm³/mol. The lowest BCUT2D eigenvalue weighted by Crippen LogP contribution is -2.07. The predicted octanol–water partition coefficient (Wildman–Crippen LogP) is 1.35. The molecule has 0 rings (SSSR count). The lowest BCUT2D eigenvalue weighted by Gasteiger charge is -2.07. The highest BCUT2D eigenvalue weighted by atomic mass is 16.5. The van der Waals surface area contributed by atoms with Crippen LogP contribution >= 0.6 is 0 Å². The summed E-state index contributed by atoms with van der Waals surface area (Å²) in [6.07, 6.45) is 1.64. The van der Waals surface area contributed by atoms with Gasteiger partial charge in [0, 0.05) is 7.11 Å². The molecule has 0 aromatic carbocycles. The lowest BCUT2D eigenvalue weighted by atomic mass is 10.1. The van der Waals surface area contributed by atoms with Gasteiger partial charge in [0.1, 0.15) is 0 Å². The molecule has 0 amide bonds. The van der Waals surface area contributed by atoms with Crippen LogP contribution in [0.2, 0.25) is 0 Å². The molecule has 0 aromatic heterocycles. The fourth-order valence-corrected chi connectivity index (χ4v) is 0.578. The van der Waals surface area contributed by atoms with E-state index < -0.39 is 0 Å². The Hall–Kier alpha value is -0.340. The van der Waals surface area contributed by atoms with E-state index >= 15 is 0 Å². The van der Waals surface area contributed by atoms with Crippen LogP contribution < -0.4 is 0 Å². The summed E-state index contributed by atoms with van der Waals surface area (Å²) < 4.78 is 4.98. The van der Waals surface area contributed by atoms with Crippen molar-refractivity contribution in [3.8, 4) is 0 Å². The van der Waals surface area contributed by atoms with Crippen molar-refractivity contribution < 1.29 is 9.84 Å². The van der Waals surface area contributed by atoms with Gasteiger partial charge in [-0.15, -0.1) is 0 Å². The summed E-state index contributed by atoms with van der Waals surface area (Å²) in [4.78, 5) is 0. The highest BCUT2D eigenvalue weighted by molar-refractivity contribution is 5.05. The van der Waals surface area contributed by atoms with E-state index in [2.05, 4.69) is 0 Å². The van der Waals surface area contributed by atoms with Crippen LogP contribution in [-0.2, 0) is 4.74 Å². The highest BCUT2D eigenvalue weighted by Gasteiger charge is 2.00. The maximum Gasteiger partial charge on any atom is 0.0727 e. The molecule has 0 bridgehead atoms. The molecule has 2 nitrogen and oxygen atoms in total. The zero-order valence-electron chi connectivity index (χ0n) is 7.09. The normalized spacial score (nSPS) is 18.7. The molecule has 2 unspecified atom stereocenters. The van der Waals surface area contributed by atoms with Crippen molar-refractivity contribution in [2.24, 2.45) is 0 Å². The van der Waals surface area contributed by atoms with Gasteiger partial charge < -0.3 is 9.84 Å². The van der Waals surface area contributed by atoms with Crippen LogP contribution in [0.4, 0.5) is 0 Å². The molecule has 0 heterocycles. The van der Waals surface area contributed by atoms with Gasteiger partial charge in [0.25, 0.3) is 0 Å². The molecule has 0 saturated carbocycles. The minimum Gasteiger partial charge on any atom is -0.389 e. The third kappa shape index (κ3) is 3.64. The Bertz CT molecular complexity index is 116. The molecule has 0 saturated heterocycles. The Labute approximate surface area is 62.5 Å². The molecule has 0 fully saturated rings. The Morgan fingerprint density at radius 1 is 1.50 bits per heavy atom. The van der Waals surface area contributed by atoms with E-state index in [0.29, 0.717) is 0 Å². The first kappa shape index (κ1) is 9.66.